The summed E-state index contributed by atoms with van der Waals surface area (Å²) in [5.41, 5.74) is -0.273. The minimum Gasteiger partial charge on any atom is -0.298 e. The number of halogens is 4. The molecule has 0 aliphatic heterocycles. The molecule has 1 heterocycles. The lowest BCUT2D eigenvalue weighted by Crippen LogP contribution is -2.11. The summed E-state index contributed by atoms with van der Waals surface area (Å²) in [6.07, 6.45) is -3.07. The second-order valence-corrected chi connectivity index (χ2v) is 7.14. The van der Waals surface area contributed by atoms with E-state index in [1.165, 1.54) is 18.3 Å². The molecular formula is C17H10BrF3N4OS. The highest BCUT2D eigenvalue weighted by Gasteiger charge is 2.30. The second kappa shape index (κ2) is 7.97. The molecular weight excluding hydrogens is 445 g/mol. The van der Waals surface area contributed by atoms with E-state index >= 15 is 0 Å². The number of nitrogens with zero attached hydrogens (tertiary/aromatic N) is 3. The zero-order valence-corrected chi connectivity index (χ0v) is 15.8. The normalized spacial score (nSPS) is 11.7. The third-order valence-electron chi connectivity index (χ3n) is 3.26. The number of carbonyl (C=O) groups excluding carboxylic acids is 1. The Hall–Kier alpha value is -2.59. The van der Waals surface area contributed by atoms with Crippen LogP contribution in [-0.2, 0) is 6.18 Å². The van der Waals surface area contributed by atoms with Crippen LogP contribution >= 0.6 is 27.3 Å². The molecule has 0 spiro atoms. The molecule has 3 rings (SSSR count). The van der Waals surface area contributed by atoms with E-state index in [2.05, 4.69) is 36.5 Å². The molecule has 0 aliphatic rings. The van der Waals surface area contributed by atoms with Gasteiger partial charge in [-0.05, 0) is 42.5 Å². The molecule has 0 unspecified atom stereocenters. The molecule has 0 saturated carbocycles. The Morgan fingerprint density at radius 2 is 1.85 bits per heavy atom. The van der Waals surface area contributed by atoms with Crippen molar-refractivity contribution in [2.24, 2.45) is 10.2 Å². The number of nitrogens with one attached hydrogen (secondary N) is 1. The quantitative estimate of drug-likeness (QED) is 0.451. The van der Waals surface area contributed by atoms with Crippen LogP contribution < -0.4 is 5.32 Å². The predicted octanol–water partition coefficient (Wildman–Crippen LogP) is 6.59. The molecule has 5 nitrogen and oxygen atoms in total. The Morgan fingerprint density at radius 1 is 1.11 bits per heavy atom. The van der Waals surface area contributed by atoms with E-state index in [1.807, 2.05) is 0 Å². The van der Waals surface area contributed by atoms with Gasteiger partial charge in [0.05, 0.1) is 17.4 Å². The zero-order chi connectivity index (χ0) is 19.4. The standard InChI is InChI=1S/C17H10BrF3N4OS/c18-12-6-4-10(5-7-12)15(26)23-16-22-9-14(27-16)25-24-13-3-1-2-11(8-13)17(19,20)21/h1-9H,(H,22,23,26). The first kappa shape index (κ1) is 19.2. The van der Waals surface area contributed by atoms with Crippen molar-refractivity contribution in [2.45, 2.75) is 6.18 Å². The number of thiazole rings is 1. The molecule has 1 amide bonds. The Bertz CT molecular complexity index is 986. The van der Waals surface area contributed by atoms with E-state index in [-0.39, 0.29) is 11.6 Å². The van der Waals surface area contributed by atoms with E-state index in [1.54, 1.807) is 24.3 Å². The topological polar surface area (TPSA) is 66.7 Å². The van der Waals surface area contributed by atoms with E-state index in [0.29, 0.717) is 15.7 Å². The molecule has 0 atom stereocenters. The molecule has 138 valence electrons. The third kappa shape index (κ3) is 5.20. The summed E-state index contributed by atoms with van der Waals surface area (Å²) >= 11 is 4.34. The maximum absolute atomic E-state index is 12.7. The first-order valence-corrected chi connectivity index (χ1v) is 9.04. The average Bonchev–Trinajstić information content (AvgIpc) is 3.07. The molecule has 10 heteroatoms. The molecule has 27 heavy (non-hydrogen) atoms. The van der Waals surface area contributed by atoms with E-state index in [9.17, 15) is 18.0 Å². The fourth-order valence-corrected chi connectivity index (χ4v) is 2.89. The van der Waals surface area contributed by atoms with Crippen LogP contribution in [0.3, 0.4) is 0 Å². The lowest BCUT2D eigenvalue weighted by atomic mass is 10.2. The number of amides is 1. The van der Waals surface area contributed by atoms with Gasteiger partial charge in [-0.25, -0.2) is 4.98 Å². The molecule has 0 saturated heterocycles. The third-order valence-corrected chi connectivity index (χ3v) is 4.58. The van der Waals surface area contributed by atoms with Crippen molar-refractivity contribution in [1.82, 2.24) is 4.98 Å². The van der Waals surface area contributed by atoms with Crippen molar-refractivity contribution in [1.29, 1.82) is 0 Å². The number of carbonyl (C=O) groups is 1. The van der Waals surface area contributed by atoms with Gasteiger partial charge in [-0.3, -0.25) is 10.1 Å². The highest BCUT2D eigenvalue weighted by atomic mass is 79.9. The van der Waals surface area contributed by atoms with Crippen molar-refractivity contribution in [3.63, 3.8) is 0 Å². The Kier molecular flexibility index (Phi) is 5.66. The Morgan fingerprint density at radius 3 is 2.56 bits per heavy atom. The van der Waals surface area contributed by atoms with Crippen LogP contribution in [0.1, 0.15) is 15.9 Å². The van der Waals surface area contributed by atoms with Crippen LogP contribution in [0, 0.1) is 0 Å². The number of benzene rings is 2. The fourth-order valence-electron chi connectivity index (χ4n) is 1.99. The first-order chi connectivity index (χ1) is 12.8. The highest BCUT2D eigenvalue weighted by Crippen LogP contribution is 2.33. The van der Waals surface area contributed by atoms with E-state index < -0.39 is 11.7 Å². The maximum Gasteiger partial charge on any atom is 0.416 e. The van der Waals surface area contributed by atoms with Gasteiger partial charge in [0.1, 0.15) is 0 Å². The van der Waals surface area contributed by atoms with Gasteiger partial charge < -0.3 is 0 Å². The summed E-state index contributed by atoms with van der Waals surface area (Å²) in [7, 11) is 0. The SMILES string of the molecule is O=C(Nc1ncc(N=Nc2cccc(C(F)(F)F)c2)s1)c1ccc(Br)cc1. The van der Waals surface area contributed by atoms with Crippen molar-refractivity contribution in [2.75, 3.05) is 5.32 Å². The number of alkyl halides is 3. The molecule has 3 aromatic rings. The lowest BCUT2D eigenvalue weighted by Gasteiger charge is -2.05. The number of aromatic nitrogens is 1. The van der Waals surface area contributed by atoms with Gasteiger partial charge in [0.15, 0.2) is 10.1 Å². The zero-order valence-electron chi connectivity index (χ0n) is 13.4. The highest BCUT2D eigenvalue weighted by molar-refractivity contribution is 9.10. The molecule has 0 fully saturated rings. The van der Waals surface area contributed by atoms with Gasteiger partial charge >= 0.3 is 6.18 Å². The molecule has 1 N–H and O–H groups in total. The van der Waals surface area contributed by atoms with Crippen molar-refractivity contribution >= 4 is 49.0 Å². The van der Waals surface area contributed by atoms with E-state index in [4.69, 9.17) is 0 Å². The summed E-state index contributed by atoms with van der Waals surface area (Å²) in [4.78, 5) is 16.1. The summed E-state index contributed by atoms with van der Waals surface area (Å²) in [5.74, 6) is -0.335. The minimum atomic E-state index is -4.44. The monoisotopic (exact) mass is 454 g/mol. The first-order valence-electron chi connectivity index (χ1n) is 7.43. The van der Waals surface area contributed by atoms with Gasteiger partial charge in [0.25, 0.3) is 5.91 Å². The summed E-state index contributed by atoms with van der Waals surface area (Å²) in [6.45, 7) is 0. The average molecular weight is 455 g/mol. The molecule has 0 aliphatic carbocycles. The minimum absolute atomic E-state index is 0.0682. The van der Waals surface area contributed by atoms with Crippen LogP contribution in [-0.4, -0.2) is 10.9 Å². The Balaban J connectivity index is 1.68. The Labute approximate surface area is 164 Å². The summed E-state index contributed by atoms with van der Waals surface area (Å²) < 4.78 is 38.9. The lowest BCUT2D eigenvalue weighted by molar-refractivity contribution is -0.137. The van der Waals surface area contributed by atoms with E-state index in [0.717, 1.165) is 27.9 Å². The van der Waals surface area contributed by atoms with Gasteiger partial charge in [0, 0.05) is 10.0 Å². The van der Waals surface area contributed by atoms with Crippen LogP contribution in [0.4, 0.5) is 29.0 Å². The van der Waals surface area contributed by atoms with Crippen molar-refractivity contribution < 1.29 is 18.0 Å². The van der Waals surface area contributed by atoms with Crippen LogP contribution in [0.25, 0.3) is 0 Å². The van der Waals surface area contributed by atoms with Crippen molar-refractivity contribution in [3.8, 4) is 0 Å². The predicted molar refractivity (Wildman–Crippen MR) is 99.8 cm³/mol. The van der Waals surface area contributed by atoms with Gasteiger partial charge in [-0.15, -0.1) is 10.2 Å². The second-order valence-electron chi connectivity index (χ2n) is 5.21. The van der Waals surface area contributed by atoms with Gasteiger partial charge in [-0.1, -0.05) is 33.3 Å². The van der Waals surface area contributed by atoms with Gasteiger partial charge in [0.2, 0.25) is 0 Å². The summed E-state index contributed by atoms with van der Waals surface area (Å²) in [6, 6.07) is 11.3. The smallest absolute Gasteiger partial charge is 0.298 e. The van der Waals surface area contributed by atoms with Crippen LogP contribution in [0.15, 0.2) is 69.4 Å². The van der Waals surface area contributed by atoms with Crippen LogP contribution in [0.5, 0.6) is 0 Å². The van der Waals surface area contributed by atoms with Crippen molar-refractivity contribution in [3.05, 3.63) is 70.3 Å². The molecule has 0 radical (unpaired) electrons. The van der Waals surface area contributed by atoms with Crippen LogP contribution in [0.2, 0.25) is 0 Å². The number of hydrogen-bond acceptors (Lipinski definition) is 5. The number of azo groups is 1. The summed E-state index contributed by atoms with van der Waals surface area (Å²) in [5, 5.41) is 10.9. The van der Waals surface area contributed by atoms with Gasteiger partial charge in [-0.2, -0.15) is 13.2 Å². The molecule has 2 aromatic carbocycles. The molecule has 1 aromatic heterocycles. The molecule has 0 bridgehead atoms. The largest absolute Gasteiger partial charge is 0.416 e. The number of rotatable bonds is 4. The number of anilines is 1. The maximum atomic E-state index is 12.7. The number of hydrogen-bond donors (Lipinski definition) is 1. The fraction of sp³-hybridized carbons (Fsp3) is 0.0588.